The normalized spacial score (nSPS) is 14.5. The number of carbonyl (C=O) groups excluding carboxylic acids is 1. The van der Waals surface area contributed by atoms with Crippen LogP contribution < -0.4 is 5.32 Å². The Hall–Kier alpha value is -2.26. The van der Waals surface area contributed by atoms with Crippen LogP contribution in [0.1, 0.15) is 6.92 Å². The van der Waals surface area contributed by atoms with Gasteiger partial charge < -0.3 is 15.5 Å². The van der Waals surface area contributed by atoms with Crippen molar-refractivity contribution >= 4 is 42.9 Å². The molecule has 0 fully saturated rings. The number of halogens is 5. The summed E-state index contributed by atoms with van der Waals surface area (Å²) in [5.41, 5.74) is -4.20. The number of sulfone groups is 2. The Labute approximate surface area is 190 Å². The molecule has 182 valence electrons. The molecule has 8 nitrogen and oxygen atoms in total. The van der Waals surface area contributed by atoms with Gasteiger partial charge in [-0.05, 0) is 43.3 Å². The number of hydrogen-bond acceptors (Lipinski definition) is 7. The number of nitrogens with one attached hydrogen (secondary N) is 1. The first-order chi connectivity index (χ1) is 14.9. The van der Waals surface area contributed by atoms with Crippen LogP contribution in [0.25, 0.3) is 0 Å². The molecular formula is C18H16ClF4NO7S2. The number of hydrogen-bond donors (Lipinski definition) is 3. The zero-order chi connectivity index (χ0) is 25.4. The minimum absolute atomic E-state index is 0.216. The van der Waals surface area contributed by atoms with E-state index in [9.17, 15) is 44.3 Å². The molecule has 2 rings (SSSR count). The third-order valence-corrected chi connectivity index (χ3v) is 8.18. The molecule has 0 saturated carbocycles. The second kappa shape index (κ2) is 9.18. The lowest BCUT2D eigenvalue weighted by Crippen LogP contribution is -2.52. The van der Waals surface area contributed by atoms with E-state index in [0.29, 0.717) is 12.1 Å². The maximum atomic E-state index is 14.3. The predicted octanol–water partition coefficient (Wildman–Crippen LogP) is 2.33. The zero-order valence-electron chi connectivity index (χ0n) is 16.5. The number of rotatable bonds is 7. The molecule has 1 amide bonds. The van der Waals surface area contributed by atoms with Gasteiger partial charge in [-0.25, -0.2) is 21.2 Å². The topological polar surface area (TPSA) is 138 Å². The number of aliphatic hydroxyl groups excluding tert-OH is 1. The number of alkyl halides is 3. The van der Waals surface area contributed by atoms with Crippen molar-refractivity contribution < 1.29 is 49.4 Å². The highest BCUT2D eigenvalue weighted by Crippen LogP contribution is 2.34. The number of carbonyl (C=O) groups is 1. The van der Waals surface area contributed by atoms with Gasteiger partial charge in [-0.15, -0.1) is 0 Å². The van der Waals surface area contributed by atoms with Crippen molar-refractivity contribution in [1.29, 1.82) is 0 Å². The molecule has 0 heterocycles. The first-order valence-electron chi connectivity index (χ1n) is 8.73. The molecule has 2 aromatic rings. The van der Waals surface area contributed by atoms with Gasteiger partial charge >= 0.3 is 6.18 Å². The summed E-state index contributed by atoms with van der Waals surface area (Å²) < 4.78 is 102. The van der Waals surface area contributed by atoms with E-state index >= 15 is 0 Å². The monoisotopic (exact) mass is 533 g/mol. The molecule has 0 radical (unpaired) electrons. The summed E-state index contributed by atoms with van der Waals surface area (Å²) in [5, 5.41) is 19.4. The number of aliphatic hydroxyl groups is 2. The molecule has 15 heteroatoms. The van der Waals surface area contributed by atoms with E-state index in [1.807, 2.05) is 0 Å². The van der Waals surface area contributed by atoms with Crippen LogP contribution in [0, 0.1) is 5.82 Å². The summed E-state index contributed by atoms with van der Waals surface area (Å²) in [6, 6.07) is 4.45. The largest absolute Gasteiger partial charge is 0.426 e. The van der Waals surface area contributed by atoms with Gasteiger partial charge in [-0.3, -0.25) is 4.79 Å². The Kier molecular flexibility index (Phi) is 7.50. The van der Waals surface area contributed by atoms with Crippen LogP contribution in [0.2, 0.25) is 5.02 Å². The lowest BCUT2D eigenvalue weighted by Gasteiger charge is -2.25. The van der Waals surface area contributed by atoms with Crippen molar-refractivity contribution in [2.75, 3.05) is 17.7 Å². The standard InChI is InChI=1S/C18H16ClF4NO7S2/c1-17(27,18(21,22)23)16(26)24-14-4-2-10(8-12(14)19)33(30,31)11-3-5-15(13(20)9-11)32(28,29)7-6-25/h2-5,8-9,25,27H,6-7H2,1H3,(H,24,26). The van der Waals surface area contributed by atoms with E-state index < -0.39 is 80.9 Å². The SMILES string of the molecule is CC(O)(C(=O)Nc1ccc(S(=O)(=O)c2ccc(S(=O)(=O)CCO)c(F)c2)cc1Cl)C(F)(F)F. The molecule has 2 aromatic carbocycles. The van der Waals surface area contributed by atoms with Crippen molar-refractivity contribution in [2.24, 2.45) is 0 Å². The molecule has 0 aromatic heterocycles. The minimum Gasteiger partial charge on any atom is -0.395 e. The fourth-order valence-electron chi connectivity index (χ4n) is 2.40. The Morgan fingerprint density at radius 3 is 2.09 bits per heavy atom. The molecule has 0 aliphatic rings. The second-order valence-electron chi connectivity index (χ2n) is 6.80. The highest BCUT2D eigenvalue weighted by molar-refractivity contribution is 7.92. The number of anilines is 1. The van der Waals surface area contributed by atoms with Crippen LogP contribution >= 0.6 is 11.6 Å². The lowest BCUT2D eigenvalue weighted by molar-refractivity contribution is -0.242. The summed E-state index contributed by atoms with van der Waals surface area (Å²) >= 11 is 5.86. The predicted molar refractivity (Wildman–Crippen MR) is 108 cm³/mol. The number of benzene rings is 2. The molecule has 1 atom stereocenters. The summed E-state index contributed by atoms with van der Waals surface area (Å²) in [7, 11) is -8.66. The summed E-state index contributed by atoms with van der Waals surface area (Å²) in [5.74, 6) is -4.02. The highest BCUT2D eigenvalue weighted by atomic mass is 35.5. The van der Waals surface area contributed by atoms with Crippen LogP contribution in [0.3, 0.4) is 0 Å². The summed E-state index contributed by atoms with van der Waals surface area (Å²) in [4.78, 5) is 9.75. The smallest absolute Gasteiger partial charge is 0.395 e. The maximum Gasteiger partial charge on any atom is 0.426 e. The molecule has 0 aliphatic carbocycles. The van der Waals surface area contributed by atoms with E-state index in [1.165, 1.54) is 0 Å². The van der Waals surface area contributed by atoms with Crippen LogP contribution in [0.4, 0.5) is 23.2 Å². The molecule has 33 heavy (non-hydrogen) atoms. The average Bonchev–Trinajstić information content (AvgIpc) is 2.68. The molecule has 0 saturated heterocycles. The van der Waals surface area contributed by atoms with Crippen molar-refractivity contribution in [1.82, 2.24) is 0 Å². The lowest BCUT2D eigenvalue weighted by atomic mass is 10.1. The maximum absolute atomic E-state index is 14.3. The van der Waals surface area contributed by atoms with Gasteiger partial charge in [-0.1, -0.05) is 11.6 Å². The third kappa shape index (κ3) is 5.46. The van der Waals surface area contributed by atoms with E-state index in [2.05, 4.69) is 0 Å². The molecule has 3 N–H and O–H groups in total. The minimum atomic E-state index is -5.30. The van der Waals surface area contributed by atoms with E-state index in [1.54, 1.807) is 5.32 Å². The van der Waals surface area contributed by atoms with Crippen molar-refractivity contribution in [3.05, 3.63) is 47.2 Å². The van der Waals surface area contributed by atoms with Gasteiger partial charge in [0.15, 0.2) is 9.84 Å². The van der Waals surface area contributed by atoms with Crippen LogP contribution in [-0.4, -0.2) is 57.1 Å². The average molecular weight is 534 g/mol. The van der Waals surface area contributed by atoms with Gasteiger partial charge in [0.25, 0.3) is 5.91 Å². The van der Waals surface area contributed by atoms with Crippen molar-refractivity contribution in [3.8, 4) is 0 Å². The van der Waals surface area contributed by atoms with Crippen molar-refractivity contribution in [2.45, 2.75) is 33.4 Å². The van der Waals surface area contributed by atoms with E-state index in [0.717, 1.165) is 24.3 Å². The summed E-state index contributed by atoms with van der Waals surface area (Å²) in [6.45, 7) is -0.560. The highest BCUT2D eigenvalue weighted by Gasteiger charge is 2.55. The van der Waals surface area contributed by atoms with E-state index in [-0.39, 0.29) is 6.92 Å². The fourth-order valence-corrected chi connectivity index (χ4v) is 5.09. The molecule has 0 aliphatic heterocycles. The van der Waals surface area contributed by atoms with Gasteiger partial charge in [-0.2, -0.15) is 13.2 Å². The molecule has 1 unspecified atom stereocenters. The third-order valence-electron chi connectivity index (χ3n) is 4.40. The molecular weight excluding hydrogens is 518 g/mol. The Bertz CT molecular complexity index is 1290. The van der Waals surface area contributed by atoms with Crippen LogP contribution in [0.5, 0.6) is 0 Å². The number of amides is 1. The van der Waals surface area contributed by atoms with Gasteiger partial charge in [0.05, 0.1) is 32.9 Å². The van der Waals surface area contributed by atoms with Crippen LogP contribution in [-0.2, 0) is 24.5 Å². The van der Waals surface area contributed by atoms with Gasteiger partial charge in [0, 0.05) is 0 Å². The Morgan fingerprint density at radius 2 is 1.61 bits per heavy atom. The zero-order valence-corrected chi connectivity index (χ0v) is 18.9. The first-order valence-corrected chi connectivity index (χ1v) is 12.2. The second-order valence-corrected chi connectivity index (χ2v) is 11.2. The molecule has 0 bridgehead atoms. The van der Waals surface area contributed by atoms with E-state index in [4.69, 9.17) is 16.7 Å². The molecule has 0 spiro atoms. The van der Waals surface area contributed by atoms with Gasteiger partial charge in [0.1, 0.15) is 10.7 Å². The fraction of sp³-hybridized carbons (Fsp3) is 0.278. The van der Waals surface area contributed by atoms with Gasteiger partial charge in [0.2, 0.25) is 15.4 Å². The quantitative estimate of drug-likeness (QED) is 0.464. The van der Waals surface area contributed by atoms with Crippen LogP contribution in [0.15, 0.2) is 51.1 Å². The Morgan fingerprint density at radius 1 is 1.06 bits per heavy atom. The van der Waals surface area contributed by atoms with Crippen molar-refractivity contribution in [3.63, 3.8) is 0 Å². The first kappa shape index (κ1) is 27.0. The Balaban J connectivity index is 2.39. The summed E-state index contributed by atoms with van der Waals surface area (Å²) in [6.07, 6.45) is -5.30.